The highest BCUT2D eigenvalue weighted by atomic mass is 32.2. The number of carbonyl (C=O) groups excluding carboxylic acids is 5. The van der Waals surface area contributed by atoms with Crippen LogP contribution in [0.2, 0.25) is 0 Å². The van der Waals surface area contributed by atoms with Gasteiger partial charge in [0.25, 0.3) is 0 Å². The maximum Gasteiger partial charge on any atom is 0.315 e. The molecule has 6 N–H and O–H groups in total. The molecule has 5 aliphatic rings. The lowest BCUT2D eigenvalue weighted by Crippen LogP contribution is -2.36. The number of nitrogens with two attached hydrogens (primary N) is 1. The summed E-state index contributed by atoms with van der Waals surface area (Å²) >= 11 is 3.87. The largest absolute Gasteiger partial charge is 0.332 e. The van der Waals surface area contributed by atoms with Crippen LogP contribution in [0.5, 0.6) is 0 Å². The summed E-state index contributed by atoms with van der Waals surface area (Å²) in [7, 11) is 0. The second-order valence-electron chi connectivity index (χ2n) is 13.7. The van der Waals surface area contributed by atoms with E-state index in [0.29, 0.717) is 72.5 Å². The van der Waals surface area contributed by atoms with Gasteiger partial charge in [-0.15, -0.1) is 0 Å². The summed E-state index contributed by atoms with van der Waals surface area (Å²) in [6.45, 7) is 0.675. The Labute approximate surface area is 289 Å². The minimum Gasteiger partial charge on any atom is -0.332 e. The third-order valence-corrected chi connectivity index (χ3v) is 13.0. The Morgan fingerprint density at radius 1 is 0.617 bits per heavy atom. The van der Waals surface area contributed by atoms with Crippen molar-refractivity contribution in [3.8, 4) is 0 Å². The predicted octanol–water partition coefficient (Wildman–Crippen LogP) is 5.18. The number of hydrogen-bond donors (Lipinski definition) is 5. The van der Waals surface area contributed by atoms with E-state index in [0.717, 1.165) is 95.0 Å². The fourth-order valence-electron chi connectivity index (χ4n) is 7.22. The summed E-state index contributed by atoms with van der Waals surface area (Å²) in [6, 6.07) is 1.07. The zero-order chi connectivity index (χ0) is 33.4. The van der Waals surface area contributed by atoms with E-state index in [4.69, 9.17) is 5.73 Å². The molecule has 1 unspecified atom stereocenters. The van der Waals surface area contributed by atoms with E-state index in [1.54, 1.807) is 0 Å². The molecule has 0 aromatic heterocycles. The number of Topliss-reactive ketones (excluding diaryl/α,β-unsaturated/α-hetero) is 3. The highest BCUT2D eigenvalue weighted by Crippen LogP contribution is 2.34. The first-order valence-electron chi connectivity index (χ1n) is 18.1. The zero-order valence-electron chi connectivity index (χ0n) is 28.0. The number of hydrogen-bond acceptors (Lipinski definition) is 8. The van der Waals surface area contributed by atoms with Gasteiger partial charge in [0, 0.05) is 60.0 Å². The molecule has 0 radical (unpaired) electrons. The molecule has 0 bridgehead atoms. The van der Waals surface area contributed by atoms with Gasteiger partial charge in [-0.3, -0.25) is 14.4 Å². The molecule has 1 aliphatic carbocycles. The van der Waals surface area contributed by atoms with Crippen LogP contribution in [0.1, 0.15) is 116 Å². The van der Waals surface area contributed by atoms with Crippen LogP contribution >= 0.6 is 23.5 Å². The van der Waals surface area contributed by atoms with Crippen LogP contribution in [0.3, 0.4) is 0 Å². The van der Waals surface area contributed by atoms with Crippen LogP contribution in [0.15, 0.2) is 12.2 Å². The Balaban J connectivity index is 0.000000223. The van der Waals surface area contributed by atoms with Crippen molar-refractivity contribution in [1.82, 2.24) is 21.3 Å². The topological polar surface area (TPSA) is 159 Å². The van der Waals surface area contributed by atoms with E-state index in [9.17, 15) is 24.0 Å². The molecule has 10 nitrogen and oxygen atoms in total. The molecule has 4 heterocycles. The number of allylic oxidation sites excluding steroid dienone is 2. The number of carbonyl (C=O) groups is 5. The predicted molar refractivity (Wildman–Crippen MR) is 191 cm³/mol. The molecule has 0 aromatic carbocycles. The van der Waals surface area contributed by atoms with Gasteiger partial charge >= 0.3 is 12.1 Å². The standard InChI is InChI=1S/C21H32N2O3S.C14H25N3O2S/c24-16(10-2-1-3-12-18(25)15-8-4-5-9-15)11-6-7-13-19-20-17(14-27-19)22-21(26)23-20;15-8-4-3-6-10(18)5-1-2-7-12-13-11(9-20-12)16-14(19)17-13/h4-5,15,17,19-20H,1-3,6-14H2,(H2,22,23,26);11-13H,1-9,15H2,(H2,16,17,19)/t17-,19-,20-;11-,12?,13-/m00/s1. The maximum atomic E-state index is 12.0. The number of fused-ring (bicyclic) bond motifs is 2. The molecule has 12 heteroatoms. The monoisotopic (exact) mass is 691 g/mol. The number of ketones is 3. The maximum absolute atomic E-state index is 12.0. The molecule has 4 fully saturated rings. The third kappa shape index (κ3) is 12.7. The summed E-state index contributed by atoms with van der Waals surface area (Å²) in [6.07, 6.45) is 20.3. The summed E-state index contributed by atoms with van der Waals surface area (Å²) in [4.78, 5) is 58.3. The van der Waals surface area contributed by atoms with Crippen LogP contribution in [0, 0.1) is 5.92 Å². The molecular formula is C35H57N5O5S2. The van der Waals surface area contributed by atoms with Crippen molar-refractivity contribution in [2.75, 3.05) is 18.1 Å². The molecule has 0 spiro atoms. The van der Waals surface area contributed by atoms with Gasteiger partial charge in [-0.2, -0.15) is 23.5 Å². The SMILES string of the molecule is NCCCCC(=O)CCCCC1SC[C@@H]2NC(=O)N[C@H]12.O=C(CCCCCC(=O)C1CC=CC1)CCCC[C@@H]1SC[C@@H]2NC(=O)N[C@@H]21. The average molecular weight is 692 g/mol. The zero-order valence-corrected chi connectivity index (χ0v) is 29.6. The van der Waals surface area contributed by atoms with Gasteiger partial charge in [0.15, 0.2) is 0 Å². The molecule has 5 rings (SSSR count). The van der Waals surface area contributed by atoms with E-state index in [1.165, 1.54) is 0 Å². The number of urea groups is 2. The molecule has 4 aliphatic heterocycles. The second kappa shape index (κ2) is 20.5. The Kier molecular flexibility index (Phi) is 16.4. The van der Waals surface area contributed by atoms with Gasteiger partial charge in [-0.1, -0.05) is 31.4 Å². The van der Waals surface area contributed by atoms with Gasteiger partial charge in [0.1, 0.15) is 17.3 Å². The van der Waals surface area contributed by atoms with Crippen LogP contribution < -0.4 is 27.0 Å². The number of rotatable bonds is 21. The van der Waals surface area contributed by atoms with Crippen molar-refractivity contribution in [3.63, 3.8) is 0 Å². The van der Waals surface area contributed by atoms with Crippen molar-refractivity contribution in [2.24, 2.45) is 11.7 Å². The average Bonchev–Trinajstić information content (AvgIpc) is 3.88. The normalized spacial score (nSPS) is 27.3. The van der Waals surface area contributed by atoms with Gasteiger partial charge in [-0.25, -0.2) is 9.59 Å². The van der Waals surface area contributed by atoms with Crippen molar-refractivity contribution in [3.05, 3.63) is 12.2 Å². The van der Waals surface area contributed by atoms with E-state index in [-0.39, 0.29) is 36.1 Å². The van der Waals surface area contributed by atoms with Crippen molar-refractivity contribution >= 4 is 52.9 Å². The van der Waals surface area contributed by atoms with Gasteiger partial charge in [0.2, 0.25) is 0 Å². The number of nitrogens with one attached hydrogen (secondary N) is 4. The van der Waals surface area contributed by atoms with Crippen LogP contribution in [-0.4, -0.2) is 82.1 Å². The summed E-state index contributed by atoms with van der Waals surface area (Å²) < 4.78 is 0. The van der Waals surface area contributed by atoms with E-state index >= 15 is 0 Å². The van der Waals surface area contributed by atoms with E-state index < -0.39 is 0 Å². The second-order valence-corrected chi connectivity index (χ2v) is 16.3. The Morgan fingerprint density at radius 3 is 1.55 bits per heavy atom. The first-order valence-corrected chi connectivity index (χ1v) is 20.2. The smallest absolute Gasteiger partial charge is 0.315 e. The van der Waals surface area contributed by atoms with Crippen molar-refractivity contribution in [2.45, 2.75) is 150 Å². The molecule has 4 amide bonds. The van der Waals surface area contributed by atoms with Crippen molar-refractivity contribution < 1.29 is 24.0 Å². The number of amides is 4. The molecule has 4 saturated heterocycles. The lowest BCUT2D eigenvalue weighted by Gasteiger charge is -2.16. The minimum absolute atomic E-state index is 0.0274. The summed E-state index contributed by atoms with van der Waals surface area (Å²) in [5.41, 5.74) is 5.41. The fraction of sp³-hybridized carbons (Fsp3) is 0.800. The first-order chi connectivity index (χ1) is 22.8. The Morgan fingerprint density at radius 2 is 1.06 bits per heavy atom. The van der Waals surface area contributed by atoms with Crippen LogP contribution in [-0.2, 0) is 14.4 Å². The molecule has 0 saturated carbocycles. The summed E-state index contributed by atoms with van der Waals surface area (Å²) in [5.74, 6) is 3.35. The highest BCUT2D eigenvalue weighted by molar-refractivity contribution is 8.00. The first kappa shape index (κ1) is 37.8. The van der Waals surface area contributed by atoms with Crippen molar-refractivity contribution in [1.29, 1.82) is 0 Å². The van der Waals surface area contributed by atoms with Gasteiger partial charge in [0.05, 0.1) is 24.2 Å². The Bertz CT molecular complexity index is 1080. The molecule has 47 heavy (non-hydrogen) atoms. The molecule has 264 valence electrons. The van der Waals surface area contributed by atoms with Crippen LogP contribution in [0.25, 0.3) is 0 Å². The lowest BCUT2D eigenvalue weighted by molar-refractivity contribution is -0.122. The fourth-order valence-corrected chi connectivity index (χ4v) is 10.3. The Hall–Kier alpha value is -2.05. The van der Waals surface area contributed by atoms with E-state index in [2.05, 4.69) is 33.4 Å². The summed E-state index contributed by atoms with van der Waals surface area (Å²) in [5, 5.41) is 12.9. The van der Waals surface area contributed by atoms with Gasteiger partial charge in [-0.05, 0) is 70.8 Å². The third-order valence-electron chi connectivity index (χ3n) is 10.0. The number of unbranched alkanes of at least 4 members (excludes halogenated alkanes) is 5. The van der Waals surface area contributed by atoms with E-state index in [1.807, 2.05) is 23.5 Å². The minimum atomic E-state index is -0.0351. The molecule has 0 aromatic rings. The molecule has 6 atom stereocenters. The van der Waals surface area contributed by atoms with Crippen LogP contribution in [0.4, 0.5) is 9.59 Å². The molecular weight excluding hydrogens is 635 g/mol. The number of thioether (sulfide) groups is 2. The highest BCUT2D eigenvalue weighted by Gasteiger charge is 2.43. The lowest BCUT2D eigenvalue weighted by atomic mass is 9.96. The quantitative estimate of drug-likeness (QED) is 0.0626. The van der Waals surface area contributed by atoms with Gasteiger partial charge < -0.3 is 27.0 Å².